The van der Waals surface area contributed by atoms with E-state index in [0.29, 0.717) is 19.7 Å². The van der Waals surface area contributed by atoms with E-state index in [1.807, 2.05) is 0 Å². The molecule has 126 valence electrons. The highest BCUT2D eigenvalue weighted by molar-refractivity contribution is 5.66. The Labute approximate surface area is 131 Å². The molecule has 1 amide bonds. The largest absolute Gasteiger partial charge is 0.465 e. The monoisotopic (exact) mass is 313 g/mol. The van der Waals surface area contributed by atoms with Gasteiger partial charge in [-0.05, 0) is 49.9 Å². The van der Waals surface area contributed by atoms with Crippen molar-refractivity contribution in [1.29, 1.82) is 0 Å². The molecule has 1 heterocycles. The van der Waals surface area contributed by atoms with E-state index in [4.69, 9.17) is 14.6 Å². The second-order valence-electron chi connectivity index (χ2n) is 7.01. The Morgan fingerprint density at radius 1 is 1.14 bits per heavy atom. The number of aliphatic hydroxyl groups excluding tert-OH is 1. The van der Waals surface area contributed by atoms with E-state index in [2.05, 4.69) is 0 Å². The summed E-state index contributed by atoms with van der Waals surface area (Å²) in [6.45, 7) is 3.35. The van der Waals surface area contributed by atoms with Crippen LogP contribution in [-0.2, 0) is 9.47 Å². The molecule has 0 spiro atoms. The van der Waals surface area contributed by atoms with E-state index in [9.17, 15) is 9.90 Å². The van der Waals surface area contributed by atoms with Gasteiger partial charge in [0.1, 0.15) is 0 Å². The third kappa shape index (κ3) is 4.12. The number of rotatable bonds is 9. The maximum absolute atomic E-state index is 10.6. The van der Waals surface area contributed by atoms with Crippen LogP contribution in [-0.4, -0.2) is 66.3 Å². The lowest BCUT2D eigenvalue weighted by Crippen LogP contribution is -2.54. The summed E-state index contributed by atoms with van der Waals surface area (Å²) in [5.74, 6) is 2.29. The molecule has 2 N–H and O–H groups in total. The fourth-order valence-corrected chi connectivity index (χ4v) is 3.51. The van der Waals surface area contributed by atoms with Gasteiger partial charge in [-0.3, -0.25) is 0 Å². The van der Waals surface area contributed by atoms with Crippen molar-refractivity contribution >= 4 is 6.09 Å². The third-order valence-electron chi connectivity index (χ3n) is 5.22. The number of aliphatic hydroxyl groups is 1. The smallest absolute Gasteiger partial charge is 0.407 e. The van der Waals surface area contributed by atoms with Crippen molar-refractivity contribution in [1.82, 2.24) is 4.90 Å². The van der Waals surface area contributed by atoms with Crippen LogP contribution in [0.1, 0.15) is 32.1 Å². The topological polar surface area (TPSA) is 79.2 Å². The van der Waals surface area contributed by atoms with Crippen LogP contribution < -0.4 is 0 Å². The minimum atomic E-state index is -0.858. The van der Waals surface area contributed by atoms with E-state index in [1.165, 1.54) is 11.3 Å². The average Bonchev–Trinajstić information content (AvgIpc) is 3.14. The van der Waals surface area contributed by atoms with Gasteiger partial charge in [0.05, 0.1) is 25.3 Å². The summed E-state index contributed by atoms with van der Waals surface area (Å²) in [6, 6.07) is 0. The summed E-state index contributed by atoms with van der Waals surface area (Å²) in [5.41, 5.74) is 0. The van der Waals surface area contributed by atoms with Crippen molar-refractivity contribution < 1.29 is 24.5 Å². The standard InChI is InChI=1S/C16H27NO5/c18-13-5-11(6-13)15-7-12(15)10-21-3-1-2-4-22-14-8-17(9-14)16(19)20/h11-15,18H,1-10H2,(H,19,20)/t11?,12-,13?,15-/m1/s1. The number of hydrogen-bond donors (Lipinski definition) is 2. The molecule has 3 rings (SSSR count). The fraction of sp³-hybridized carbons (Fsp3) is 0.938. The van der Waals surface area contributed by atoms with Gasteiger partial charge in [0, 0.05) is 19.8 Å². The maximum Gasteiger partial charge on any atom is 0.407 e. The van der Waals surface area contributed by atoms with E-state index in [0.717, 1.165) is 56.7 Å². The van der Waals surface area contributed by atoms with Gasteiger partial charge in [-0.15, -0.1) is 0 Å². The Kier molecular flexibility index (Phi) is 5.21. The van der Waals surface area contributed by atoms with E-state index < -0.39 is 6.09 Å². The predicted octanol–water partition coefficient (Wildman–Crippen LogP) is 1.57. The van der Waals surface area contributed by atoms with Crippen LogP contribution in [0.5, 0.6) is 0 Å². The zero-order valence-corrected chi connectivity index (χ0v) is 13.0. The van der Waals surface area contributed by atoms with Crippen LogP contribution in [0.3, 0.4) is 0 Å². The molecule has 22 heavy (non-hydrogen) atoms. The molecule has 0 aromatic heterocycles. The lowest BCUT2D eigenvalue weighted by atomic mass is 9.78. The molecular weight excluding hydrogens is 286 g/mol. The van der Waals surface area contributed by atoms with Crippen molar-refractivity contribution in [3.8, 4) is 0 Å². The van der Waals surface area contributed by atoms with Crippen molar-refractivity contribution in [2.24, 2.45) is 17.8 Å². The van der Waals surface area contributed by atoms with Gasteiger partial charge in [0.2, 0.25) is 0 Å². The summed E-state index contributed by atoms with van der Waals surface area (Å²) >= 11 is 0. The molecule has 0 unspecified atom stereocenters. The van der Waals surface area contributed by atoms with Crippen molar-refractivity contribution in [2.45, 2.75) is 44.3 Å². The molecular formula is C16H27NO5. The van der Waals surface area contributed by atoms with Crippen LogP contribution in [0.15, 0.2) is 0 Å². The molecule has 3 fully saturated rings. The molecule has 0 radical (unpaired) electrons. The highest BCUT2D eigenvalue weighted by Crippen LogP contribution is 2.51. The summed E-state index contributed by atoms with van der Waals surface area (Å²) in [5, 5.41) is 18.0. The van der Waals surface area contributed by atoms with Crippen LogP contribution in [0.4, 0.5) is 4.79 Å². The Balaban J connectivity index is 1.09. The highest BCUT2D eigenvalue weighted by atomic mass is 16.5. The van der Waals surface area contributed by atoms with Gasteiger partial charge in [-0.25, -0.2) is 4.79 Å². The molecule has 1 saturated heterocycles. The van der Waals surface area contributed by atoms with E-state index in [-0.39, 0.29) is 12.2 Å². The first kappa shape index (κ1) is 16.0. The minimum absolute atomic E-state index is 0.0367. The van der Waals surface area contributed by atoms with Crippen LogP contribution in [0.2, 0.25) is 0 Å². The minimum Gasteiger partial charge on any atom is -0.465 e. The average molecular weight is 313 g/mol. The Morgan fingerprint density at radius 3 is 2.55 bits per heavy atom. The summed E-state index contributed by atoms with van der Waals surface area (Å²) in [4.78, 5) is 11.9. The molecule has 0 aromatic rings. The first-order chi connectivity index (χ1) is 10.6. The molecule has 3 aliphatic rings. The van der Waals surface area contributed by atoms with Gasteiger partial charge in [-0.1, -0.05) is 0 Å². The van der Waals surface area contributed by atoms with E-state index >= 15 is 0 Å². The predicted molar refractivity (Wildman–Crippen MR) is 79.7 cm³/mol. The quantitative estimate of drug-likeness (QED) is 0.632. The number of carboxylic acid groups (broad SMARTS) is 1. The van der Waals surface area contributed by atoms with Gasteiger partial charge in [0.15, 0.2) is 0 Å². The summed E-state index contributed by atoms with van der Waals surface area (Å²) in [6.07, 6.45) is 4.43. The number of amides is 1. The molecule has 0 bridgehead atoms. The van der Waals surface area contributed by atoms with Gasteiger partial charge >= 0.3 is 6.09 Å². The summed E-state index contributed by atoms with van der Waals surface area (Å²) < 4.78 is 11.3. The lowest BCUT2D eigenvalue weighted by Gasteiger charge is -2.36. The molecule has 2 aliphatic carbocycles. The second kappa shape index (κ2) is 7.15. The van der Waals surface area contributed by atoms with Gasteiger partial charge in [-0.2, -0.15) is 0 Å². The first-order valence-corrected chi connectivity index (χ1v) is 8.48. The van der Waals surface area contributed by atoms with Crippen molar-refractivity contribution in [2.75, 3.05) is 32.9 Å². The second-order valence-corrected chi connectivity index (χ2v) is 7.01. The number of likely N-dealkylation sites (tertiary alicyclic amines) is 1. The fourth-order valence-electron chi connectivity index (χ4n) is 3.51. The number of hydrogen-bond acceptors (Lipinski definition) is 4. The first-order valence-electron chi connectivity index (χ1n) is 8.48. The number of nitrogens with zero attached hydrogens (tertiary/aromatic N) is 1. The van der Waals surface area contributed by atoms with Crippen LogP contribution in [0, 0.1) is 17.8 Å². The SMILES string of the molecule is O=C(O)N1CC(OCCCCOC[C@H]2C[C@@H]2C2CC(O)C2)C1. The van der Waals surface area contributed by atoms with Crippen molar-refractivity contribution in [3.63, 3.8) is 0 Å². The molecule has 0 aromatic carbocycles. The molecule has 2 atom stereocenters. The van der Waals surface area contributed by atoms with E-state index in [1.54, 1.807) is 0 Å². The Morgan fingerprint density at radius 2 is 1.86 bits per heavy atom. The number of carbonyl (C=O) groups is 1. The molecule has 6 heteroatoms. The zero-order chi connectivity index (χ0) is 15.5. The molecule has 2 saturated carbocycles. The zero-order valence-electron chi connectivity index (χ0n) is 13.0. The maximum atomic E-state index is 10.6. The van der Waals surface area contributed by atoms with Crippen LogP contribution in [0.25, 0.3) is 0 Å². The van der Waals surface area contributed by atoms with Gasteiger partial charge in [0.25, 0.3) is 0 Å². The van der Waals surface area contributed by atoms with Gasteiger partial charge < -0.3 is 24.6 Å². The number of ether oxygens (including phenoxy) is 2. The Hall–Kier alpha value is -0.850. The normalized spacial score (nSPS) is 34.1. The lowest BCUT2D eigenvalue weighted by molar-refractivity contribution is -0.0463. The summed E-state index contributed by atoms with van der Waals surface area (Å²) in [7, 11) is 0. The molecule has 6 nitrogen and oxygen atoms in total. The van der Waals surface area contributed by atoms with Crippen LogP contribution >= 0.6 is 0 Å². The molecule has 1 aliphatic heterocycles. The third-order valence-corrected chi connectivity index (χ3v) is 5.22. The number of unbranched alkanes of at least 4 members (excludes halogenated alkanes) is 1. The van der Waals surface area contributed by atoms with Crippen molar-refractivity contribution in [3.05, 3.63) is 0 Å². The Bertz CT molecular complexity index is 379. The highest BCUT2D eigenvalue weighted by Gasteiger charge is 2.47.